The van der Waals surface area contributed by atoms with Gasteiger partial charge in [0.2, 0.25) is 0 Å². The molecule has 0 aliphatic carbocycles. The van der Waals surface area contributed by atoms with Gasteiger partial charge in [0.25, 0.3) is 0 Å². The second-order valence-electron chi connectivity index (χ2n) is 3.84. The molecule has 1 aromatic rings. The summed E-state index contributed by atoms with van der Waals surface area (Å²) in [5, 5.41) is 12.2. The summed E-state index contributed by atoms with van der Waals surface area (Å²) in [6.07, 6.45) is 3.31. The first kappa shape index (κ1) is 11.5. The van der Waals surface area contributed by atoms with Gasteiger partial charge < -0.3 is 10.2 Å². The minimum absolute atomic E-state index is 0.288. The van der Waals surface area contributed by atoms with E-state index in [1.165, 1.54) is 0 Å². The van der Waals surface area contributed by atoms with Crippen molar-refractivity contribution >= 4 is 5.69 Å². The Labute approximate surface area is 90.5 Å². The summed E-state index contributed by atoms with van der Waals surface area (Å²) < 4.78 is 0. The van der Waals surface area contributed by atoms with Crippen LogP contribution >= 0.6 is 0 Å². The highest BCUT2D eigenvalue weighted by Gasteiger charge is 2.06. The van der Waals surface area contributed by atoms with Gasteiger partial charge in [-0.2, -0.15) is 5.26 Å². The second kappa shape index (κ2) is 5.32. The number of likely N-dealkylation sites (N-methyl/N-ethyl adjacent to an activating group) is 1. The Hall–Kier alpha value is -1.60. The van der Waals surface area contributed by atoms with Crippen LogP contribution in [0.2, 0.25) is 0 Å². The van der Waals surface area contributed by atoms with Gasteiger partial charge in [-0.05, 0) is 27.1 Å². The van der Waals surface area contributed by atoms with Crippen molar-refractivity contribution in [2.24, 2.45) is 0 Å². The van der Waals surface area contributed by atoms with E-state index in [0.717, 1.165) is 12.2 Å². The van der Waals surface area contributed by atoms with Crippen molar-refractivity contribution in [3.8, 4) is 6.07 Å². The normalized spacial score (nSPS) is 12.2. The first-order chi connectivity index (χ1) is 7.13. The molecule has 1 aromatic heterocycles. The van der Waals surface area contributed by atoms with Gasteiger partial charge in [-0.1, -0.05) is 0 Å². The summed E-state index contributed by atoms with van der Waals surface area (Å²) in [4.78, 5) is 6.10. The average molecular weight is 204 g/mol. The van der Waals surface area contributed by atoms with E-state index in [1.807, 2.05) is 14.1 Å². The van der Waals surface area contributed by atoms with E-state index in [2.05, 4.69) is 28.2 Å². The number of rotatable bonds is 4. The smallest absolute Gasteiger partial charge is 0.101 e. The molecule has 15 heavy (non-hydrogen) atoms. The van der Waals surface area contributed by atoms with Crippen LogP contribution in [0.25, 0.3) is 0 Å². The average Bonchev–Trinajstić information content (AvgIpc) is 2.17. The topological polar surface area (TPSA) is 52.0 Å². The van der Waals surface area contributed by atoms with Gasteiger partial charge in [-0.15, -0.1) is 0 Å². The van der Waals surface area contributed by atoms with Crippen LogP contribution in [0.3, 0.4) is 0 Å². The molecule has 0 saturated heterocycles. The molecular weight excluding hydrogens is 188 g/mol. The molecule has 1 rings (SSSR count). The molecule has 0 aliphatic heterocycles. The molecule has 1 N–H and O–H groups in total. The van der Waals surface area contributed by atoms with Crippen molar-refractivity contribution in [2.75, 3.05) is 26.0 Å². The third kappa shape index (κ3) is 3.56. The molecule has 1 heterocycles. The predicted octanol–water partition coefficient (Wildman–Crippen LogP) is 1.32. The standard InChI is InChI=1S/C11H16N4/c1-9(8-15(2)3)14-11-7-13-5-4-10(11)6-12/h4-5,7,9,14H,8H2,1-3H3. The fourth-order valence-corrected chi connectivity index (χ4v) is 1.47. The Morgan fingerprint density at radius 1 is 1.60 bits per heavy atom. The zero-order chi connectivity index (χ0) is 11.3. The van der Waals surface area contributed by atoms with Crippen molar-refractivity contribution in [3.05, 3.63) is 24.0 Å². The fraction of sp³-hybridized carbons (Fsp3) is 0.455. The third-order valence-electron chi connectivity index (χ3n) is 1.98. The quantitative estimate of drug-likeness (QED) is 0.803. The van der Waals surface area contributed by atoms with Crippen LogP contribution < -0.4 is 5.32 Å². The Morgan fingerprint density at radius 2 is 2.33 bits per heavy atom. The van der Waals surface area contributed by atoms with Gasteiger partial charge in [0, 0.05) is 18.8 Å². The van der Waals surface area contributed by atoms with Gasteiger partial charge in [-0.3, -0.25) is 4.98 Å². The van der Waals surface area contributed by atoms with Gasteiger partial charge in [-0.25, -0.2) is 0 Å². The van der Waals surface area contributed by atoms with E-state index in [1.54, 1.807) is 18.5 Å². The summed E-state index contributed by atoms with van der Waals surface area (Å²) in [7, 11) is 4.04. The van der Waals surface area contributed by atoms with E-state index >= 15 is 0 Å². The molecule has 0 saturated carbocycles. The number of anilines is 1. The Morgan fingerprint density at radius 3 is 2.93 bits per heavy atom. The lowest BCUT2D eigenvalue weighted by molar-refractivity contribution is 0.392. The lowest BCUT2D eigenvalue weighted by atomic mass is 10.2. The number of nitriles is 1. The summed E-state index contributed by atoms with van der Waals surface area (Å²) in [6.45, 7) is 2.99. The van der Waals surface area contributed by atoms with E-state index in [9.17, 15) is 0 Å². The van der Waals surface area contributed by atoms with Crippen LogP contribution in [0, 0.1) is 11.3 Å². The van der Waals surface area contributed by atoms with E-state index < -0.39 is 0 Å². The predicted molar refractivity (Wildman–Crippen MR) is 60.6 cm³/mol. The number of pyridine rings is 1. The SMILES string of the molecule is CC(CN(C)C)Nc1cnccc1C#N. The van der Waals surface area contributed by atoms with E-state index in [4.69, 9.17) is 5.26 Å². The lowest BCUT2D eigenvalue weighted by Crippen LogP contribution is -2.29. The second-order valence-corrected chi connectivity index (χ2v) is 3.84. The molecule has 0 bridgehead atoms. The number of nitrogens with zero attached hydrogens (tertiary/aromatic N) is 3. The molecule has 4 heteroatoms. The van der Waals surface area contributed by atoms with Crippen LogP contribution in [0.15, 0.2) is 18.5 Å². The van der Waals surface area contributed by atoms with Crippen molar-refractivity contribution in [1.82, 2.24) is 9.88 Å². The zero-order valence-electron chi connectivity index (χ0n) is 9.36. The third-order valence-corrected chi connectivity index (χ3v) is 1.98. The Kier molecular flexibility index (Phi) is 4.07. The molecule has 0 fully saturated rings. The molecule has 4 nitrogen and oxygen atoms in total. The van der Waals surface area contributed by atoms with Crippen molar-refractivity contribution in [1.29, 1.82) is 5.26 Å². The van der Waals surface area contributed by atoms with Crippen LogP contribution in [-0.4, -0.2) is 36.6 Å². The highest BCUT2D eigenvalue weighted by atomic mass is 15.1. The molecule has 0 aromatic carbocycles. The maximum Gasteiger partial charge on any atom is 0.101 e. The first-order valence-electron chi connectivity index (χ1n) is 4.89. The molecule has 0 aliphatic rings. The van der Waals surface area contributed by atoms with Gasteiger partial charge in [0.1, 0.15) is 6.07 Å². The monoisotopic (exact) mass is 204 g/mol. The molecule has 0 amide bonds. The van der Waals surface area contributed by atoms with Crippen molar-refractivity contribution in [2.45, 2.75) is 13.0 Å². The summed E-state index contributed by atoms with van der Waals surface area (Å²) in [5.74, 6) is 0. The Balaban J connectivity index is 2.68. The maximum atomic E-state index is 8.89. The van der Waals surface area contributed by atoms with Gasteiger partial charge in [0.15, 0.2) is 0 Å². The Bertz CT molecular complexity index is 354. The van der Waals surface area contributed by atoms with E-state index in [0.29, 0.717) is 5.56 Å². The summed E-state index contributed by atoms with van der Waals surface area (Å²) >= 11 is 0. The maximum absolute atomic E-state index is 8.89. The molecule has 80 valence electrons. The molecule has 1 atom stereocenters. The minimum atomic E-state index is 0.288. The van der Waals surface area contributed by atoms with Gasteiger partial charge >= 0.3 is 0 Å². The summed E-state index contributed by atoms with van der Waals surface area (Å²) in [6, 6.07) is 4.14. The summed E-state index contributed by atoms with van der Waals surface area (Å²) in [5.41, 5.74) is 1.44. The van der Waals surface area contributed by atoms with Gasteiger partial charge in [0.05, 0.1) is 17.4 Å². The van der Waals surface area contributed by atoms with E-state index in [-0.39, 0.29) is 6.04 Å². The lowest BCUT2D eigenvalue weighted by Gasteiger charge is -2.19. The number of nitrogens with one attached hydrogen (secondary N) is 1. The van der Waals surface area contributed by atoms with Crippen LogP contribution in [-0.2, 0) is 0 Å². The molecular formula is C11H16N4. The number of aromatic nitrogens is 1. The molecule has 0 radical (unpaired) electrons. The van der Waals surface area contributed by atoms with Crippen LogP contribution in [0.4, 0.5) is 5.69 Å². The minimum Gasteiger partial charge on any atom is -0.379 e. The van der Waals surface area contributed by atoms with Crippen LogP contribution in [0.5, 0.6) is 0 Å². The highest BCUT2D eigenvalue weighted by molar-refractivity contribution is 5.55. The fourth-order valence-electron chi connectivity index (χ4n) is 1.47. The number of hydrogen-bond acceptors (Lipinski definition) is 4. The largest absolute Gasteiger partial charge is 0.379 e. The van der Waals surface area contributed by atoms with Crippen LogP contribution in [0.1, 0.15) is 12.5 Å². The van der Waals surface area contributed by atoms with Crippen molar-refractivity contribution in [3.63, 3.8) is 0 Å². The molecule has 1 unspecified atom stereocenters. The van der Waals surface area contributed by atoms with Crippen molar-refractivity contribution < 1.29 is 0 Å². The first-order valence-corrected chi connectivity index (χ1v) is 4.89. The zero-order valence-corrected chi connectivity index (χ0v) is 9.36. The molecule has 0 spiro atoms. The highest BCUT2D eigenvalue weighted by Crippen LogP contribution is 2.12. The number of hydrogen-bond donors (Lipinski definition) is 1.